The largest absolute Gasteiger partial charge is 0.376 e. The fourth-order valence-corrected chi connectivity index (χ4v) is 2.94. The van der Waals surface area contributed by atoms with Crippen molar-refractivity contribution < 1.29 is 14.3 Å². The average Bonchev–Trinajstić information content (AvgIpc) is 3.20. The van der Waals surface area contributed by atoms with Gasteiger partial charge in [0.15, 0.2) is 0 Å². The number of carbonyl (C=O) groups is 2. The molecule has 0 spiro atoms. The minimum absolute atomic E-state index is 0.0702. The predicted molar refractivity (Wildman–Crippen MR) is 97.8 cm³/mol. The summed E-state index contributed by atoms with van der Waals surface area (Å²) in [5.74, 6) is -0.440. The molecule has 6 heteroatoms. The van der Waals surface area contributed by atoms with E-state index in [-0.39, 0.29) is 23.6 Å². The number of benzene rings is 1. The van der Waals surface area contributed by atoms with Crippen LogP contribution in [0.5, 0.6) is 0 Å². The van der Waals surface area contributed by atoms with Crippen molar-refractivity contribution in [1.82, 2.24) is 15.2 Å². The summed E-state index contributed by atoms with van der Waals surface area (Å²) in [6, 6.07) is 12.9. The van der Waals surface area contributed by atoms with Crippen molar-refractivity contribution in [2.45, 2.75) is 25.5 Å². The Balaban J connectivity index is 1.61. The molecule has 6 nitrogen and oxygen atoms in total. The van der Waals surface area contributed by atoms with E-state index in [1.165, 1.54) is 12.3 Å². The summed E-state index contributed by atoms with van der Waals surface area (Å²) in [4.78, 5) is 30.6. The Kier molecular flexibility index (Phi) is 5.96. The normalized spacial score (nSPS) is 16.3. The summed E-state index contributed by atoms with van der Waals surface area (Å²) in [5, 5.41) is 2.82. The third kappa shape index (κ3) is 4.67. The summed E-state index contributed by atoms with van der Waals surface area (Å²) >= 11 is 0. The molecule has 1 atom stereocenters. The highest BCUT2D eigenvalue weighted by molar-refractivity contribution is 5.98. The molecule has 26 heavy (non-hydrogen) atoms. The predicted octanol–water partition coefficient (Wildman–Crippen LogP) is 2.26. The number of nitrogens with one attached hydrogen (secondary N) is 1. The van der Waals surface area contributed by atoms with E-state index < -0.39 is 0 Å². The Morgan fingerprint density at radius 3 is 2.81 bits per heavy atom. The van der Waals surface area contributed by atoms with Gasteiger partial charge in [0.05, 0.1) is 6.10 Å². The van der Waals surface area contributed by atoms with Crippen molar-refractivity contribution in [1.29, 1.82) is 0 Å². The van der Waals surface area contributed by atoms with Gasteiger partial charge in [0.1, 0.15) is 5.69 Å². The van der Waals surface area contributed by atoms with E-state index in [0.717, 1.165) is 25.0 Å². The fraction of sp³-hybridized carbons (Fsp3) is 0.350. The van der Waals surface area contributed by atoms with Crippen molar-refractivity contribution >= 4 is 11.8 Å². The van der Waals surface area contributed by atoms with Crippen LogP contribution in [0.2, 0.25) is 0 Å². The number of ether oxygens (including phenoxy) is 1. The second kappa shape index (κ2) is 8.58. The van der Waals surface area contributed by atoms with Gasteiger partial charge in [-0.2, -0.15) is 0 Å². The van der Waals surface area contributed by atoms with Crippen molar-refractivity contribution in [3.8, 4) is 0 Å². The molecule has 0 bridgehead atoms. The third-order valence-corrected chi connectivity index (χ3v) is 4.36. The topological polar surface area (TPSA) is 71.5 Å². The molecule has 2 amide bonds. The zero-order valence-corrected chi connectivity index (χ0v) is 14.9. The zero-order chi connectivity index (χ0) is 18.4. The smallest absolute Gasteiger partial charge is 0.269 e. The standard InChI is InChI=1S/C20H23N3O3/c1-23(14-15-6-3-2-4-7-15)20(25)16-9-10-21-18(12-16)19(24)22-13-17-8-5-11-26-17/h2-4,6-7,9-10,12,17H,5,8,11,13-14H2,1H3,(H,22,24). The lowest BCUT2D eigenvalue weighted by Crippen LogP contribution is -2.32. The van der Waals surface area contributed by atoms with Crippen LogP contribution in [0.3, 0.4) is 0 Å². The van der Waals surface area contributed by atoms with Crippen LogP contribution in [0.25, 0.3) is 0 Å². The van der Waals surface area contributed by atoms with Crippen LogP contribution in [0.1, 0.15) is 39.3 Å². The zero-order valence-electron chi connectivity index (χ0n) is 14.9. The Morgan fingerprint density at radius 2 is 2.08 bits per heavy atom. The number of amides is 2. The first kappa shape index (κ1) is 18.1. The van der Waals surface area contributed by atoms with Crippen LogP contribution in [0.15, 0.2) is 48.7 Å². The molecule has 1 aliphatic heterocycles. The molecule has 0 aliphatic carbocycles. The van der Waals surface area contributed by atoms with E-state index in [4.69, 9.17) is 4.74 Å². The molecule has 1 aromatic heterocycles. The summed E-state index contributed by atoms with van der Waals surface area (Å²) in [7, 11) is 1.74. The molecule has 1 fully saturated rings. The molecule has 1 saturated heterocycles. The number of pyridine rings is 1. The van der Waals surface area contributed by atoms with Crippen LogP contribution in [-0.2, 0) is 11.3 Å². The van der Waals surface area contributed by atoms with Crippen LogP contribution in [0, 0.1) is 0 Å². The molecule has 1 N–H and O–H groups in total. The number of hydrogen-bond donors (Lipinski definition) is 1. The second-order valence-electron chi connectivity index (χ2n) is 6.42. The summed E-state index contributed by atoms with van der Waals surface area (Å²) in [6.45, 7) is 1.71. The summed E-state index contributed by atoms with van der Waals surface area (Å²) in [6.07, 6.45) is 3.54. The highest BCUT2D eigenvalue weighted by Crippen LogP contribution is 2.12. The SMILES string of the molecule is CN(Cc1ccccc1)C(=O)c1ccnc(C(=O)NCC2CCCO2)c1. The van der Waals surface area contributed by atoms with Gasteiger partial charge in [-0.05, 0) is 30.5 Å². The lowest BCUT2D eigenvalue weighted by Gasteiger charge is -2.17. The number of aromatic nitrogens is 1. The van der Waals surface area contributed by atoms with E-state index in [2.05, 4.69) is 10.3 Å². The number of hydrogen-bond acceptors (Lipinski definition) is 4. The molecule has 136 valence electrons. The first-order valence-electron chi connectivity index (χ1n) is 8.79. The maximum absolute atomic E-state index is 12.6. The van der Waals surface area contributed by atoms with Crippen molar-refractivity contribution in [3.05, 3.63) is 65.5 Å². The molecule has 0 saturated carbocycles. The van der Waals surface area contributed by atoms with Crippen molar-refractivity contribution in [3.63, 3.8) is 0 Å². The molecule has 3 rings (SSSR count). The molecule has 1 aliphatic rings. The Hall–Kier alpha value is -2.73. The van der Waals surface area contributed by atoms with Gasteiger partial charge in [-0.25, -0.2) is 0 Å². The van der Waals surface area contributed by atoms with Crippen LogP contribution < -0.4 is 5.32 Å². The first-order valence-corrected chi connectivity index (χ1v) is 8.79. The minimum Gasteiger partial charge on any atom is -0.376 e. The maximum Gasteiger partial charge on any atom is 0.269 e. The number of nitrogens with zero attached hydrogens (tertiary/aromatic N) is 2. The van der Waals surface area contributed by atoms with Gasteiger partial charge in [-0.1, -0.05) is 30.3 Å². The Morgan fingerprint density at radius 1 is 1.27 bits per heavy atom. The van der Waals surface area contributed by atoms with E-state index in [0.29, 0.717) is 18.7 Å². The molecule has 2 aromatic rings. The molecule has 1 aromatic carbocycles. The monoisotopic (exact) mass is 353 g/mol. The molecular formula is C20H23N3O3. The lowest BCUT2D eigenvalue weighted by atomic mass is 10.1. The van der Waals surface area contributed by atoms with Gasteiger partial charge in [0.2, 0.25) is 0 Å². The first-order chi connectivity index (χ1) is 12.6. The van der Waals surface area contributed by atoms with Gasteiger partial charge in [-0.15, -0.1) is 0 Å². The Labute approximate surface area is 153 Å². The maximum atomic E-state index is 12.6. The van der Waals surface area contributed by atoms with E-state index in [1.54, 1.807) is 18.0 Å². The highest BCUT2D eigenvalue weighted by Gasteiger charge is 2.18. The van der Waals surface area contributed by atoms with E-state index in [9.17, 15) is 9.59 Å². The van der Waals surface area contributed by atoms with Gasteiger partial charge < -0.3 is 15.0 Å². The Bertz CT molecular complexity index is 758. The third-order valence-electron chi connectivity index (χ3n) is 4.36. The molecule has 2 heterocycles. The minimum atomic E-state index is -0.291. The van der Waals surface area contributed by atoms with Gasteiger partial charge in [0, 0.05) is 38.5 Å². The summed E-state index contributed by atoms with van der Waals surface area (Å²) < 4.78 is 5.49. The van der Waals surface area contributed by atoms with Gasteiger partial charge in [0.25, 0.3) is 11.8 Å². The fourth-order valence-electron chi connectivity index (χ4n) is 2.94. The van der Waals surface area contributed by atoms with E-state index in [1.807, 2.05) is 30.3 Å². The summed E-state index contributed by atoms with van der Waals surface area (Å²) in [5.41, 5.74) is 1.73. The quantitative estimate of drug-likeness (QED) is 0.865. The van der Waals surface area contributed by atoms with Crippen molar-refractivity contribution in [2.24, 2.45) is 0 Å². The molecule has 1 unspecified atom stereocenters. The van der Waals surface area contributed by atoms with Gasteiger partial charge in [-0.3, -0.25) is 14.6 Å². The average molecular weight is 353 g/mol. The van der Waals surface area contributed by atoms with E-state index >= 15 is 0 Å². The lowest BCUT2D eigenvalue weighted by molar-refractivity contribution is 0.0785. The van der Waals surface area contributed by atoms with Crippen LogP contribution in [0.4, 0.5) is 0 Å². The second-order valence-corrected chi connectivity index (χ2v) is 6.42. The number of carbonyl (C=O) groups excluding carboxylic acids is 2. The highest BCUT2D eigenvalue weighted by atomic mass is 16.5. The van der Waals surface area contributed by atoms with Crippen LogP contribution in [-0.4, -0.2) is 48.0 Å². The molecular weight excluding hydrogens is 330 g/mol. The van der Waals surface area contributed by atoms with Crippen LogP contribution >= 0.6 is 0 Å². The van der Waals surface area contributed by atoms with Gasteiger partial charge >= 0.3 is 0 Å². The number of rotatable bonds is 6. The van der Waals surface area contributed by atoms with Crippen molar-refractivity contribution in [2.75, 3.05) is 20.2 Å². The molecule has 0 radical (unpaired) electrons.